The largest absolute Gasteiger partial charge is 0.417 e. The summed E-state index contributed by atoms with van der Waals surface area (Å²) < 4.78 is 44.7. The van der Waals surface area contributed by atoms with Gasteiger partial charge in [-0.15, -0.1) is 10.2 Å². The molecule has 0 spiro atoms. The second-order valence-electron chi connectivity index (χ2n) is 10.5. The van der Waals surface area contributed by atoms with Crippen molar-refractivity contribution < 1.29 is 13.2 Å². The second-order valence-corrected chi connectivity index (χ2v) is 10.5. The lowest BCUT2D eigenvalue weighted by atomic mass is 9.58. The Morgan fingerprint density at radius 3 is 2.54 bits per heavy atom. The fourth-order valence-electron chi connectivity index (χ4n) is 5.96. The van der Waals surface area contributed by atoms with E-state index in [-0.39, 0.29) is 29.0 Å². The van der Waals surface area contributed by atoms with Gasteiger partial charge in [0.1, 0.15) is 12.2 Å². The highest BCUT2D eigenvalue weighted by Crippen LogP contribution is 2.51. The molecule has 1 aliphatic heterocycles. The zero-order valence-corrected chi connectivity index (χ0v) is 20.2. The minimum atomic E-state index is -4.54. The summed E-state index contributed by atoms with van der Waals surface area (Å²) in [4.78, 5) is 15.6. The molecule has 9 heteroatoms. The zero-order chi connectivity index (χ0) is 25.0. The summed E-state index contributed by atoms with van der Waals surface area (Å²) in [5.41, 5.74) is -0.0329. The van der Waals surface area contributed by atoms with Crippen molar-refractivity contribution in [2.24, 2.45) is 18.9 Å². The molecule has 3 heterocycles. The van der Waals surface area contributed by atoms with E-state index in [0.29, 0.717) is 11.5 Å². The topological polar surface area (TPSA) is 56.0 Å². The predicted molar refractivity (Wildman–Crippen MR) is 127 cm³/mol. The summed E-state index contributed by atoms with van der Waals surface area (Å²) in [5.74, 6) is 1.47. The van der Waals surface area contributed by atoms with Gasteiger partial charge in [0.25, 0.3) is 5.56 Å². The van der Waals surface area contributed by atoms with Gasteiger partial charge in [-0.2, -0.15) is 13.2 Å². The van der Waals surface area contributed by atoms with E-state index in [1.54, 1.807) is 12.4 Å². The normalized spacial score (nSPS) is 25.1. The molecule has 2 aromatic heterocycles. The lowest BCUT2D eigenvalue weighted by Crippen LogP contribution is -2.43. The third kappa shape index (κ3) is 4.30. The van der Waals surface area contributed by atoms with Gasteiger partial charge in [0.05, 0.1) is 11.0 Å². The van der Waals surface area contributed by atoms with Crippen molar-refractivity contribution in [2.75, 3.05) is 20.1 Å². The molecule has 0 bridgehead atoms. The van der Waals surface area contributed by atoms with Gasteiger partial charge < -0.3 is 14.0 Å². The quantitative estimate of drug-likeness (QED) is 0.540. The maximum Gasteiger partial charge on any atom is 0.417 e. The van der Waals surface area contributed by atoms with Gasteiger partial charge in [0.15, 0.2) is 0 Å². The Balaban J connectivity index is 1.60. The molecule has 0 N–H and O–H groups in total. The van der Waals surface area contributed by atoms with Gasteiger partial charge in [0.2, 0.25) is 0 Å². The molecule has 1 saturated heterocycles. The number of halogens is 3. The van der Waals surface area contributed by atoms with Crippen LogP contribution in [0.2, 0.25) is 0 Å². The predicted octanol–water partition coefficient (Wildman–Crippen LogP) is 4.33. The molecule has 1 atom stereocenters. The van der Waals surface area contributed by atoms with Gasteiger partial charge in [-0.1, -0.05) is 25.1 Å². The molecule has 2 aliphatic rings. The molecule has 186 valence electrons. The van der Waals surface area contributed by atoms with Crippen molar-refractivity contribution in [3.8, 4) is 11.1 Å². The van der Waals surface area contributed by atoms with E-state index >= 15 is 0 Å². The van der Waals surface area contributed by atoms with Crippen LogP contribution in [0, 0.1) is 11.8 Å². The van der Waals surface area contributed by atoms with Gasteiger partial charge in [-0.05, 0) is 68.0 Å². The smallest absolute Gasteiger partial charge is 0.320 e. The number of hydrogen-bond acceptors (Lipinski definition) is 4. The standard InChI is InChI=1S/C26H30F3N5O/c1-17-11-25(12-17,24-31-30-16-33(24)3)20-6-4-5-19(9-20)22-10-21(26(27,28)29)15-34(23(22)35)14-18-7-8-32(2)13-18/h4-6,9-10,15-18H,7-8,11-14H2,1-3H3/t17?,18-,25?/m0/s1. The third-order valence-electron chi connectivity index (χ3n) is 7.62. The first-order valence-electron chi connectivity index (χ1n) is 12.0. The summed E-state index contributed by atoms with van der Waals surface area (Å²) in [6.45, 7) is 4.10. The molecule has 5 rings (SSSR count). The van der Waals surface area contributed by atoms with Crippen LogP contribution in [0.15, 0.2) is 47.7 Å². The van der Waals surface area contributed by atoms with E-state index in [1.165, 1.54) is 4.57 Å². The first kappa shape index (κ1) is 23.8. The third-order valence-corrected chi connectivity index (χ3v) is 7.62. The van der Waals surface area contributed by atoms with Gasteiger partial charge in [0, 0.05) is 31.9 Å². The van der Waals surface area contributed by atoms with Crippen molar-refractivity contribution in [3.05, 3.63) is 70.2 Å². The Labute approximate surface area is 202 Å². The number of rotatable bonds is 5. The molecule has 0 unspecified atom stereocenters. The molecule has 2 fully saturated rings. The number of nitrogens with zero attached hydrogens (tertiary/aromatic N) is 5. The number of pyridine rings is 1. The first-order chi connectivity index (χ1) is 16.6. The number of benzene rings is 1. The van der Waals surface area contributed by atoms with Gasteiger partial charge in [-0.3, -0.25) is 4.79 Å². The summed E-state index contributed by atoms with van der Waals surface area (Å²) in [6.07, 6.45) is 0.689. The van der Waals surface area contributed by atoms with Crippen molar-refractivity contribution in [2.45, 2.75) is 44.3 Å². The summed E-state index contributed by atoms with van der Waals surface area (Å²) in [5, 5.41) is 8.41. The van der Waals surface area contributed by atoms with Crippen LogP contribution in [0.4, 0.5) is 13.2 Å². The molecule has 1 aliphatic carbocycles. The fourth-order valence-corrected chi connectivity index (χ4v) is 5.96. The van der Waals surface area contributed by atoms with Crippen LogP contribution in [-0.4, -0.2) is 44.4 Å². The fraction of sp³-hybridized carbons (Fsp3) is 0.500. The molecule has 6 nitrogen and oxygen atoms in total. The van der Waals surface area contributed by atoms with Crippen LogP contribution >= 0.6 is 0 Å². The zero-order valence-electron chi connectivity index (χ0n) is 20.2. The van der Waals surface area contributed by atoms with E-state index in [0.717, 1.165) is 56.0 Å². The SMILES string of the molecule is CC1CC(c2cccc(-c3cc(C(F)(F)F)cn(C[C@H]4CCN(C)C4)c3=O)c2)(c2nncn2C)C1. The van der Waals surface area contributed by atoms with E-state index in [1.807, 2.05) is 36.9 Å². The van der Waals surface area contributed by atoms with Crippen molar-refractivity contribution >= 4 is 0 Å². The molecular weight excluding hydrogens is 455 g/mol. The Morgan fingerprint density at radius 1 is 1.17 bits per heavy atom. The maximum absolute atomic E-state index is 13.8. The van der Waals surface area contributed by atoms with Crippen LogP contribution in [0.5, 0.6) is 0 Å². The number of alkyl halides is 3. The van der Waals surface area contributed by atoms with E-state index in [9.17, 15) is 18.0 Å². The summed E-state index contributed by atoms with van der Waals surface area (Å²) >= 11 is 0. The van der Waals surface area contributed by atoms with Crippen LogP contribution in [0.25, 0.3) is 11.1 Å². The average molecular weight is 486 g/mol. The Morgan fingerprint density at radius 2 is 1.94 bits per heavy atom. The Bertz CT molecular complexity index is 1290. The highest BCUT2D eigenvalue weighted by atomic mass is 19.4. The molecule has 1 saturated carbocycles. The molecule has 0 radical (unpaired) electrons. The highest BCUT2D eigenvalue weighted by Gasteiger charge is 2.48. The number of likely N-dealkylation sites (tertiary alicyclic amines) is 1. The second kappa shape index (κ2) is 8.62. The highest BCUT2D eigenvalue weighted by molar-refractivity contribution is 5.65. The minimum absolute atomic E-state index is 0.0773. The number of hydrogen-bond donors (Lipinski definition) is 0. The molecule has 0 amide bonds. The average Bonchev–Trinajstić information content (AvgIpc) is 3.40. The lowest BCUT2D eigenvalue weighted by molar-refractivity contribution is -0.138. The number of aromatic nitrogens is 4. The van der Waals surface area contributed by atoms with Gasteiger partial charge >= 0.3 is 6.18 Å². The molecule has 3 aromatic rings. The van der Waals surface area contributed by atoms with Gasteiger partial charge in [-0.25, -0.2) is 0 Å². The van der Waals surface area contributed by atoms with Crippen LogP contribution in [0.1, 0.15) is 43.1 Å². The first-order valence-corrected chi connectivity index (χ1v) is 12.0. The Hall–Kier alpha value is -2.94. The van der Waals surface area contributed by atoms with Crippen LogP contribution in [0.3, 0.4) is 0 Å². The van der Waals surface area contributed by atoms with Crippen molar-refractivity contribution in [3.63, 3.8) is 0 Å². The van der Waals surface area contributed by atoms with E-state index in [2.05, 4.69) is 22.0 Å². The van der Waals surface area contributed by atoms with Crippen LogP contribution in [-0.2, 0) is 25.2 Å². The molecule has 1 aromatic carbocycles. The minimum Gasteiger partial charge on any atom is -0.320 e. The van der Waals surface area contributed by atoms with Crippen LogP contribution < -0.4 is 5.56 Å². The lowest BCUT2D eigenvalue weighted by Gasteiger charge is -2.46. The summed E-state index contributed by atoms with van der Waals surface area (Å²) in [7, 11) is 3.88. The summed E-state index contributed by atoms with van der Waals surface area (Å²) in [6, 6.07) is 8.38. The number of aryl methyl sites for hydroxylation is 1. The van der Waals surface area contributed by atoms with Crippen molar-refractivity contribution in [1.29, 1.82) is 0 Å². The van der Waals surface area contributed by atoms with E-state index < -0.39 is 11.7 Å². The monoisotopic (exact) mass is 485 g/mol. The molecular formula is C26H30F3N5O. The Kier molecular flexibility index (Phi) is 5.86. The maximum atomic E-state index is 13.8. The van der Waals surface area contributed by atoms with Crippen molar-refractivity contribution in [1.82, 2.24) is 24.2 Å². The van der Waals surface area contributed by atoms with E-state index in [4.69, 9.17) is 0 Å². The molecule has 35 heavy (non-hydrogen) atoms.